The maximum Gasteiger partial charge on any atom is 0.166 e. The third-order valence-electron chi connectivity index (χ3n) is 2.36. The van der Waals surface area contributed by atoms with Gasteiger partial charge in [-0.15, -0.1) is 5.10 Å². The van der Waals surface area contributed by atoms with Crippen LogP contribution in [0.25, 0.3) is 0 Å². The van der Waals surface area contributed by atoms with Crippen molar-refractivity contribution in [2.24, 2.45) is 0 Å². The monoisotopic (exact) mass is 235 g/mol. The van der Waals surface area contributed by atoms with Crippen LogP contribution in [0.4, 0.5) is 5.82 Å². The molecule has 0 atom stereocenters. The Morgan fingerprint density at radius 3 is 2.83 bits per heavy atom. The molecule has 1 aromatic carbocycles. The molecular weight excluding hydrogens is 226 g/mol. The van der Waals surface area contributed by atoms with Gasteiger partial charge in [0.1, 0.15) is 6.07 Å². The van der Waals surface area contributed by atoms with Crippen molar-refractivity contribution in [3.63, 3.8) is 0 Å². The van der Waals surface area contributed by atoms with Gasteiger partial charge in [0.25, 0.3) is 0 Å². The topological polar surface area (TPSA) is 85.4 Å². The predicted molar refractivity (Wildman–Crippen MR) is 65.2 cm³/mol. The molecular formula is C13H9N5. The van der Waals surface area contributed by atoms with Crippen molar-refractivity contribution in [1.29, 1.82) is 10.5 Å². The summed E-state index contributed by atoms with van der Waals surface area (Å²) >= 11 is 0. The Hall–Kier alpha value is -2.92. The van der Waals surface area contributed by atoms with Gasteiger partial charge in [0, 0.05) is 6.54 Å². The van der Waals surface area contributed by atoms with E-state index in [9.17, 15) is 0 Å². The number of rotatable bonds is 3. The van der Waals surface area contributed by atoms with Gasteiger partial charge in [-0.1, -0.05) is 12.1 Å². The number of hydrogen-bond donors (Lipinski definition) is 1. The van der Waals surface area contributed by atoms with Gasteiger partial charge in [-0.05, 0) is 23.8 Å². The summed E-state index contributed by atoms with van der Waals surface area (Å²) in [6, 6.07) is 13.0. The number of nitrogens with one attached hydrogen (secondary N) is 1. The molecule has 0 unspecified atom stereocenters. The van der Waals surface area contributed by atoms with Gasteiger partial charge >= 0.3 is 0 Å². The molecule has 0 spiro atoms. The fourth-order valence-electron chi connectivity index (χ4n) is 1.49. The number of benzene rings is 1. The molecule has 0 aliphatic heterocycles. The molecule has 5 heteroatoms. The molecule has 0 aliphatic carbocycles. The average molecular weight is 235 g/mol. The Morgan fingerprint density at radius 2 is 2.06 bits per heavy atom. The van der Waals surface area contributed by atoms with Gasteiger partial charge in [-0.25, -0.2) is 0 Å². The van der Waals surface area contributed by atoms with Crippen molar-refractivity contribution in [2.45, 2.75) is 6.54 Å². The summed E-state index contributed by atoms with van der Waals surface area (Å²) in [7, 11) is 0. The molecule has 2 aromatic rings. The average Bonchev–Trinajstić information content (AvgIpc) is 2.45. The fraction of sp³-hybridized carbons (Fsp3) is 0.0769. The van der Waals surface area contributed by atoms with Crippen LogP contribution in [0, 0.1) is 22.7 Å². The van der Waals surface area contributed by atoms with Crippen LogP contribution in [-0.4, -0.2) is 10.2 Å². The fourth-order valence-corrected chi connectivity index (χ4v) is 1.49. The summed E-state index contributed by atoms with van der Waals surface area (Å²) < 4.78 is 0. The van der Waals surface area contributed by atoms with E-state index in [0.29, 0.717) is 23.5 Å². The van der Waals surface area contributed by atoms with E-state index in [1.54, 1.807) is 18.2 Å². The molecule has 5 nitrogen and oxygen atoms in total. The van der Waals surface area contributed by atoms with E-state index in [0.717, 1.165) is 5.56 Å². The number of nitriles is 2. The van der Waals surface area contributed by atoms with Crippen molar-refractivity contribution in [1.82, 2.24) is 10.2 Å². The molecule has 1 heterocycles. The van der Waals surface area contributed by atoms with Gasteiger partial charge in [0.2, 0.25) is 0 Å². The molecule has 0 fully saturated rings. The largest absolute Gasteiger partial charge is 0.363 e. The molecule has 0 radical (unpaired) electrons. The zero-order chi connectivity index (χ0) is 12.8. The quantitative estimate of drug-likeness (QED) is 0.877. The molecule has 0 saturated heterocycles. The molecule has 0 amide bonds. The first-order valence-electron chi connectivity index (χ1n) is 5.28. The summed E-state index contributed by atoms with van der Waals surface area (Å²) in [5, 5.41) is 28.3. The summed E-state index contributed by atoms with van der Waals surface area (Å²) in [6.45, 7) is 0.489. The van der Waals surface area contributed by atoms with Gasteiger partial charge in [-0.3, -0.25) is 0 Å². The van der Waals surface area contributed by atoms with E-state index in [2.05, 4.69) is 21.6 Å². The molecule has 0 saturated carbocycles. The molecule has 0 bridgehead atoms. The Morgan fingerprint density at radius 1 is 1.17 bits per heavy atom. The van der Waals surface area contributed by atoms with E-state index < -0.39 is 0 Å². The second-order valence-electron chi connectivity index (χ2n) is 3.57. The van der Waals surface area contributed by atoms with Crippen molar-refractivity contribution >= 4 is 5.82 Å². The van der Waals surface area contributed by atoms with E-state index >= 15 is 0 Å². The normalized spacial score (nSPS) is 9.22. The van der Waals surface area contributed by atoms with Crippen LogP contribution in [0.5, 0.6) is 0 Å². The third kappa shape index (κ3) is 2.60. The van der Waals surface area contributed by atoms with Crippen LogP contribution >= 0.6 is 0 Å². The SMILES string of the molecule is N#Cc1cccc(CNc2nnccc2C#N)c1. The molecule has 18 heavy (non-hydrogen) atoms. The van der Waals surface area contributed by atoms with Crippen LogP contribution in [-0.2, 0) is 6.54 Å². The number of nitrogens with zero attached hydrogens (tertiary/aromatic N) is 4. The molecule has 0 aliphatic rings. The van der Waals surface area contributed by atoms with Crippen molar-refractivity contribution < 1.29 is 0 Å². The van der Waals surface area contributed by atoms with Crippen LogP contribution in [0.2, 0.25) is 0 Å². The molecule has 1 N–H and O–H groups in total. The zero-order valence-electron chi connectivity index (χ0n) is 9.46. The zero-order valence-corrected chi connectivity index (χ0v) is 9.46. The van der Waals surface area contributed by atoms with Crippen molar-refractivity contribution in [2.75, 3.05) is 5.32 Å². The lowest BCUT2D eigenvalue weighted by Crippen LogP contribution is -2.04. The lowest BCUT2D eigenvalue weighted by molar-refractivity contribution is 0.994. The summed E-state index contributed by atoms with van der Waals surface area (Å²) in [5.41, 5.74) is 2.00. The lowest BCUT2D eigenvalue weighted by atomic mass is 10.1. The number of aromatic nitrogens is 2. The highest BCUT2D eigenvalue weighted by Gasteiger charge is 2.03. The van der Waals surface area contributed by atoms with E-state index in [-0.39, 0.29) is 0 Å². The maximum atomic E-state index is 8.90. The van der Waals surface area contributed by atoms with Crippen LogP contribution < -0.4 is 5.32 Å². The Bertz CT molecular complexity index is 636. The number of hydrogen-bond acceptors (Lipinski definition) is 5. The smallest absolute Gasteiger partial charge is 0.166 e. The van der Waals surface area contributed by atoms with Gasteiger partial charge in [0.05, 0.1) is 23.4 Å². The summed E-state index contributed by atoms with van der Waals surface area (Å²) in [6.07, 6.45) is 1.47. The van der Waals surface area contributed by atoms with Crippen molar-refractivity contribution in [3.8, 4) is 12.1 Å². The standard InChI is InChI=1S/C13H9N5/c14-7-10-2-1-3-11(6-10)9-16-13-12(8-15)4-5-17-18-13/h1-6H,9H2,(H,16,18). The second kappa shape index (κ2) is 5.42. The maximum absolute atomic E-state index is 8.90. The molecule has 2 rings (SSSR count). The Balaban J connectivity index is 2.12. The van der Waals surface area contributed by atoms with Crippen LogP contribution in [0.3, 0.4) is 0 Å². The van der Waals surface area contributed by atoms with Gasteiger partial charge < -0.3 is 5.32 Å². The second-order valence-corrected chi connectivity index (χ2v) is 3.57. The summed E-state index contributed by atoms with van der Waals surface area (Å²) in [4.78, 5) is 0. The molecule has 86 valence electrons. The lowest BCUT2D eigenvalue weighted by Gasteiger charge is -2.06. The van der Waals surface area contributed by atoms with Gasteiger partial charge in [-0.2, -0.15) is 15.6 Å². The van der Waals surface area contributed by atoms with Gasteiger partial charge in [0.15, 0.2) is 5.82 Å². The minimum atomic E-state index is 0.446. The van der Waals surface area contributed by atoms with E-state index in [1.807, 2.05) is 18.2 Å². The van der Waals surface area contributed by atoms with Crippen molar-refractivity contribution in [3.05, 3.63) is 53.2 Å². The molecule has 1 aromatic heterocycles. The predicted octanol–water partition coefficient (Wildman–Crippen LogP) is 1.83. The first-order valence-corrected chi connectivity index (χ1v) is 5.28. The number of anilines is 1. The minimum Gasteiger partial charge on any atom is -0.363 e. The minimum absolute atomic E-state index is 0.446. The van der Waals surface area contributed by atoms with Crippen LogP contribution in [0.15, 0.2) is 36.5 Å². The van der Waals surface area contributed by atoms with E-state index in [4.69, 9.17) is 10.5 Å². The third-order valence-corrected chi connectivity index (χ3v) is 2.36. The van der Waals surface area contributed by atoms with Crippen LogP contribution in [0.1, 0.15) is 16.7 Å². The first-order chi connectivity index (χ1) is 8.83. The Labute approximate surface area is 104 Å². The highest BCUT2D eigenvalue weighted by atomic mass is 15.2. The highest BCUT2D eigenvalue weighted by molar-refractivity contribution is 5.50. The van der Waals surface area contributed by atoms with E-state index in [1.165, 1.54) is 6.20 Å². The Kier molecular flexibility index (Phi) is 3.48. The summed E-state index contributed by atoms with van der Waals surface area (Å²) in [5.74, 6) is 0.447. The first kappa shape index (κ1) is 11.6. The highest BCUT2D eigenvalue weighted by Crippen LogP contribution is 2.11.